The molecule has 4 heteroatoms. The van der Waals surface area contributed by atoms with Crippen molar-refractivity contribution in [3.05, 3.63) is 24.4 Å². The molecule has 0 bridgehead atoms. The Bertz CT molecular complexity index is 343. The van der Waals surface area contributed by atoms with Crippen molar-refractivity contribution in [1.29, 1.82) is 0 Å². The van der Waals surface area contributed by atoms with Gasteiger partial charge in [0, 0.05) is 25.2 Å². The molecule has 0 aromatic rings. The quantitative estimate of drug-likeness (QED) is 0.396. The van der Waals surface area contributed by atoms with E-state index in [4.69, 9.17) is 4.74 Å². The predicted molar refractivity (Wildman–Crippen MR) is 76.6 cm³/mol. The van der Waals surface area contributed by atoms with Crippen LogP contribution in [-0.2, 0) is 14.3 Å². The maximum atomic E-state index is 11.6. The first-order valence-electron chi connectivity index (χ1n) is 6.63. The molecule has 108 valence electrons. The van der Waals surface area contributed by atoms with Crippen molar-refractivity contribution >= 4 is 11.8 Å². The number of ether oxygens (including phenoxy) is 1. The monoisotopic (exact) mass is 267 g/mol. The van der Waals surface area contributed by atoms with Gasteiger partial charge in [-0.05, 0) is 18.4 Å². The molecule has 0 unspecified atom stereocenters. The molecule has 0 saturated carbocycles. The summed E-state index contributed by atoms with van der Waals surface area (Å²) >= 11 is 0. The SMILES string of the molecule is C/C=C/C(=O)OCCN/C=C/C(=O)CC(C)(C)CC. The largest absolute Gasteiger partial charge is 0.461 e. The first-order chi connectivity index (χ1) is 8.91. The number of rotatable bonds is 9. The van der Waals surface area contributed by atoms with E-state index in [1.54, 1.807) is 19.2 Å². The Hall–Kier alpha value is -1.58. The number of hydrogen-bond acceptors (Lipinski definition) is 4. The van der Waals surface area contributed by atoms with Crippen LogP contribution in [0.5, 0.6) is 0 Å². The van der Waals surface area contributed by atoms with Crippen LogP contribution < -0.4 is 5.32 Å². The molecule has 0 aliphatic heterocycles. The Morgan fingerprint density at radius 1 is 1.26 bits per heavy atom. The van der Waals surface area contributed by atoms with E-state index in [0.717, 1.165) is 6.42 Å². The summed E-state index contributed by atoms with van der Waals surface area (Å²) in [6.45, 7) is 8.76. The molecule has 0 aliphatic rings. The lowest BCUT2D eigenvalue weighted by Crippen LogP contribution is -2.17. The van der Waals surface area contributed by atoms with Crippen LogP contribution in [0.25, 0.3) is 0 Å². The van der Waals surface area contributed by atoms with E-state index in [2.05, 4.69) is 26.1 Å². The molecule has 0 amide bonds. The van der Waals surface area contributed by atoms with Crippen LogP contribution in [0.3, 0.4) is 0 Å². The molecule has 0 aromatic heterocycles. The van der Waals surface area contributed by atoms with E-state index in [1.165, 1.54) is 12.2 Å². The van der Waals surface area contributed by atoms with Gasteiger partial charge >= 0.3 is 5.97 Å². The van der Waals surface area contributed by atoms with E-state index in [0.29, 0.717) is 13.0 Å². The second kappa shape index (κ2) is 9.36. The van der Waals surface area contributed by atoms with E-state index in [1.807, 2.05) is 0 Å². The van der Waals surface area contributed by atoms with Crippen LogP contribution in [0.1, 0.15) is 40.5 Å². The molecule has 0 heterocycles. The summed E-state index contributed by atoms with van der Waals surface area (Å²) in [7, 11) is 0. The Balaban J connectivity index is 3.74. The van der Waals surface area contributed by atoms with Gasteiger partial charge in [0.25, 0.3) is 0 Å². The summed E-state index contributed by atoms with van der Waals surface area (Å²) in [5, 5.41) is 2.91. The van der Waals surface area contributed by atoms with E-state index < -0.39 is 0 Å². The Morgan fingerprint density at radius 2 is 1.95 bits per heavy atom. The molecule has 0 aliphatic carbocycles. The van der Waals surface area contributed by atoms with Crippen LogP contribution in [0.2, 0.25) is 0 Å². The normalized spacial score (nSPS) is 12.0. The number of carbonyl (C=O) groups is 2. The van der Waals surface area contributed by atoms with Crippen molar-refractivity contribution in [3.8, 4) is 0 Å². The van der Waals surface area contributed by atoms with E-state index in [-0.39, 0.29) is 23.8 Å². The lowest BCUT2D eigenvalue weighted by atomic mass is 9.85. The highest BCUT2D eigenvalue weighted by Crippen LogP contribution is 2.24. The van der Waals surface area contributed by atoms with Gasteiger partial charge in [0.05, 0.1) is 0 Å². The molecule has 0 saturated heterocycles. The second-order valence-electron chi connectivity index (χ2n) is 5.12. The summed E-state index contributed by atoms with van der Waals surface area (Å²) in [4.78, 5) is 22.6. The Kier molecular flexibility index (Phi) is 8.58. The van der Waals surface area contributed by atoms with Gasteiger partial charge in [-0.2, -0.15) is 0 Å². The molecule has 4 nitrogen and oxygen atoms in total. The van der Waals surface area contributed by atoms with Crippen molar-refractivity contribution in [2.45, 2.75) is 40.5 Å². The maximum Gasteiger partial charge on any atom is 0.330 e. The molecule has 1 N–H and O–H groups in total. The number of carbonyl (C=O) groups excluding carboxylic acids is 2. The number of hydrogen-bond donors (Lipinski definition) is 1. The summed E-state index contributed by atoms with van der Waals surface area (Å²) < 4.78 is 4.88. The zero-order valence-corrected chi connectivity index (χ0v) is 12.4. The molecule has 0 fully saturated rings. The lowest BCUT2D eigenvalue weighted by molar-refractivity contribution is -0.137. The van der Waals surface area contributed by atoms with Gasteiger partial charge in [0.1, 0.15) is 6.61 Å². The van der Waals surface area contributed by atoms with Crippen molar-refractivity contribution in [2.75, 3.05) is 13.2 Å². The number of allylic oxidation sites excluding steroid dienone is 2. The van der Waals surface area contributed by atoms with Crippen LogP contribution in [0, 0.1) is 5.41 Å². The fourth-order valence-electron chi connectivity index (χ4n) is 1.29. The standard InChI is InChI=1S/C15H25NO3/c1-5-7-14(18)19-11-10-16-9-8-13(17)12-15(3,4)6-2/h5,7-9,16H,6,10-12H2,1-4H3/b7-5+,9-8+. The highest BCUT2D eigenvalue weighted by atomic mass is 16.5. The minimum atomic E-state index is -0.353. The van der Waals surface area contributed by atoms with Gasteiger partial charge < -0.3 is 10.1 Å². The summed E-state index contributed by atoms with van der Waals surface area (Å²) in [5.74, 6) is -0.251. The minimum Gasteiger partial charge on any atom is -0.461 e. The summed E-state index contributed by atoms with van der Waals surface area (Å²) in [5.41, 5.74) is 0.0451. The smallest absolute Gasteiger partial charge is 0.330 e. The third-order valence-electron chi connectivity index (χ3n) is 2.79. The van der Waals surface area contributed by atoms with Gasteiger partial charge in [-0.3, -0.25) is 4.79 Å². The first-order valence-corrected chi connectivity index (χ1v) is 6.63. The van der Waals surface area contributed by atoms with Gasteiger partial charge in [-0.25, -0.2) is 4.79 Å². The van der Waals surface area contributed by atoms with Crippen LogP contribution >= 0.6 is 0 Å². The minimum absolute atomic E-state index is 0.0451. The topological polar surface area (TPSA) is 55.4 Å². The van der Waals surface area contributed by atoms with Crippen molar-refractivity contribution in [1.82, 2.24) is 5.32 Å². The number of ketones is 1. The van der Waals surface area contributed by atoms with Gasteiger partial charge in [-0.1, -0.05) is 33.3 Å². The zero-order valence-electron chi connectivity index (χ0n) is 12.4. The number of esters is 1. The fourth-order valence-corrected chi connectivity index (χ4v) is 1.29. The highest BCUT2D eigenvalue weighted by molar-refractivity contribution is 5.89. The third kappa shape index (κ3) is 10.1. The molecule has 0 radical (unpaired) electrons. The molecule has 0 spiro atoms. The zero-order chi connectivity index (χ0) is 14.7. The van der Waals surface area contributed by atoms with E-state index in [9.17, 15) is 9.59 Å². The number of nitrogens with one attached hydrogen (secondary N) is 1. The van der Waals surface area contributed by atoms with Gasteiger partial charge in [-0.15, -0.1) is 0 Å². The predicted octanol–water partition coefficient (Wildman–Crippen LogP) is 2.60. The molecular weight excluding hydrogens is 242 g/mol. The van der Waals surface area contributed by atoms with Crippen molar-refractivity contribution < 1.29 is 14.3 Å². The Morgan fingerprint density at radius 3 is 2.53 bits per heavy atom. The van der Waals surface area contributed by atoms with Crippen LogP contribution in [-0.4, -0.2) is 24.9 Å². The molecule has 0 atom stereocenters. The highest BCUT2D eigenvalue weighted by Gasteiger charge is 2.17. The first kappa shape index (κ1) is 17.4. The maximum absolute atomic E-state index is 11.6. The molecule has 19 heavy (non-hydrogen) atoms. The molecular formula is C15H25NO3. The second-order valence-corrected chi connectivity index (χ2v) is 5.12. The van der Waals surface area contributed by atoms with Crippen LogP contribution in [0.4, 0.5) is 0 Å². The van der Waals surface area contributed by atoms with Gasteiger partial charge in [0.2, 0.25) is 0 Å². The van der Waals surface area contributed by atoms with Crippen molar-refractivity contribution in [2.24, 2.45) is 5.41 Å². The van der Waals surface area contributed by atoms with E-state index >= 15 is 0 Å². The van der Waals surface area contributed by atoms with Gasteiger partial charge in [0.15, 0.2) is 5.78 Å². The third-order valence-corrected chi connectivity index (χ3v) is 2.79. The summed E-state index contributed by atoms with van der Waals surface area (Å²) in [6, 6.07) is 0. The van der Waals surface area contributed by atoms with Crippen LogP contribution in [0.15, 0.2) is 24.4 Å². The summed E-state index contributed by atoms with van der Waals surface area (Å²) in [6.07, 6.45) is 7.65. The average molecular weight is 267 g/mol. The average Bonchev–Trinajstić information content (AvgIpc) is 2.33. The Labute approximate surface area is 115 Å². The molecule has 0 rings (SSSR count). The van der Waals surface area contributed by atoms with Crippen molar-refractivity contribution in [3.63, 3.8) is 0 Å². The molecule has 0 aromatic carbocycles. The fraction of sp³-hybridized carbons (Fsp3) is 0.600. The lowest BCUT2D eigenvalue weighted by Gasteiger charge is -2.20.